The molecular formula is C58H64O12. The van der Waals surface area contributed by atoms with E-state index < -0.39 is 73.5 Å². The highest BCUT2D eigenvalue weighted by molar-refractivity contribution is 5.19. The van der Waals surface area contributed by atoms with E-state index in [0.717, 1.165) is 33.4 Å². The molecule has 3 aliphatic heterocycles. The fraction of sp³-hybridized carbons (Fsp3) is 0.379. The van der Waals surface area contributed by atoms with E-state index in [2.05, 4.69) is 0 Å². The van der Waals surface area contributed by atoms with Crippen LogP contribution in [0.4, 0.5) is 0 Å². The Morgan fingerprint density at radius 2 is 0.871 bits per heavy atom. The first-order valence-electron chi connectivity index (χ1n) is 24.1. The lowest BCUT2D eigenvalue weighted by atomic mass is 9.96. The van der Waals surface area contributed by atoms with Crippen LogP contribution in [0, 0.1) is 0 Å². The van der Waals surface area contributed by atoms with Gasteiger partial charge in [0.25, 0.3) is 0 Å². The van der Waals surface area contributed by atoms with Gasteiger partial charge in [0.15, 0.2) is 24.7 Å². The molecule has 9 rings (SSSR count). The highest BCUT2D eigenvalue weighted by Crippen LogP contribution is 2.40. The molecule has 0 spiro atoms. The maximum Gasteiger partial charge on any atom is 0.190 e. The number of methoxy groups -OCH3 is 1. The van der Waals surface area contributed by atoms with Crippen LogP contribution in [-0.2, 0) is 89.9 Å². The fourth-order valence-corrected chi connectivity index (χ4v) is 9.07. The number of rotatable bonds is 22. The van der Waals surface area contributed by atoms with Crippen LogP contribution in [-0.4, -0.2) is 87.5 Å². The minimum atomic E-state index is -1.39. The van der Waals surface area contributed by atoms with Crippen molar-refractivity contribution in [3.63, 3.8) is 0 Å². The lowest BCUT2D eigenvalue weighted by Crippen LogP contribution is -2.66. The van der Waals surface area contributed by atoms with Crippen molar-refractivity contribution in [2.24, 2.45) is 0 Å². The normalized spacial score (nSPS) is 26.9. The van der Waals surface area contributed by atoms with Crippen LogP contribution in [0.5, 0.6) is 0 Å². The van der Waals surface area contributed by atoms with Gasteiger partial charge in [-0.2, -0.15) is 0 Å². The van der Waals surface area contributed by atoms with Gasteiger partial charge < -0.3 is 56.8 Å². The van der Waals surface area contributed by atoms with Crippen molar-refractivity contribution < 1.29 is 56.8 Å². The van der Waals surface area contributed by atoms with Crippen molar-refractivity contribution in [1.82, 2.24) is 0 Å². The van der Waals surface area contributed by atoms with Crippen molar-refractivity contribution in [1.29, 1.82) is 0 Å². The first-order valence-corrected chi connectivity index (χ1v) is 24.1. The zero-order chi connectivity index (χ0) is 48.0. The predicted octanol–water partition coefficient (Wildman–Crippen LogP) is 9.89. The van der Waals surface area contributed by atoms with Gasteiger partial charge in [-0.25, -0.2) is 0 Å². The quantitative estimate of drug-likeness (QED) is 0.0605. The highest BCUT2D eigenvalue weighted by atomic mass is 16.8. The van der Waals surface area contributed by atoms with Crippen molar-refractivity contribution in [2.45, 2.75) is 120 Å². The predicted molar refractivity (Wildman–Crippen MR) is 261 cm³/mol. The van der Waals surface area contributed by atoms with Crippen LogP contribution < -0.4 is 0 Å². The molecule has 0 aromatic heterocycles. The van der Waals surface area contributed by atoms with Gasteiger partial charge in [-0.3, -0.25) is 0 Å². The van der Waals surface area contributed by atoms with E-state index in [-0.39, 0.29) is 33.0 Å². The SMILES string of the molecule is CO[C@H]1O[C@@H]2COC(c3ccccc3)O[C@H]2[C@H](OC(C)(C)O[C@H]2O[C@H](COCc3ccccc3)[C@@H](OCc3ccccc3)[C@H](OCc3ccccc3)[C@H]2OCc2ccccc2)[C@@H]1OCc1ccccc1. The molecule has 0 aliphatic carbocycles. The molecule has 3 aliphatic rings. The van der Waals surface area contributed by atoms with Crippen molar-refractivity contribution >= 4 is 0 Å². The number of hydrogen-bond donors (Lipinski definition) is 0. The summed E-state index contributed by atoms with van der Waals surface area (Å²) in [6, 6.07) is 59.9. The molecule has 0 radical (unpaired) electrons. The van der Waals surface area contributed by atoms with Crippen molar-refractivity contribution in [3.05, 3.63) is 215 Å². The second-order valence-electron chi connectivity index (χ2n) is 18.1. The Kier molecular flexibility index (Phi) is 17.6. The third-order valence-electron chi connectivity index (χ3n) is 12.5. The topological polar surface area (TPSA) is 111 Å². The molecule has 0 N–H and O–H groups in total. The van der Waals surface area contributed by atoms with Crippen LogP contribution in [0.1, 0.15) is 53.5 Å². The average molecular weight is 953 g/mol. The van der Waals surface area contributed by atoms with E-state index in [9.17, 15) is 0 Å². The molecule has 1 unspecified atom stereocenters. The van der Waals surface area contributed by atoms with Gasteiger partial charge in [-0.15, -0.1) is 0 Å². The van der Waals surface area contributed by atoms with Crippen LogP contribution in [0.25, 0.3) is 0 Å². The number of fused-ring (bicyclic) bond motifs is 1. The zero-order valence-electron chi connectivity index (χ0n) is 40.0. The van der Waals surface area contributed by atoms with Gasteiger partial charge in [-0.05, 0) is 41.7 Å². The Bertz CT molecular complexity index is 2390. The summed E-state index contributed by atoms with van der Waals surface area (Å²) in [5, 5.41) is 0. The molecule has 12 nitrogen and oxygen atoms in total. The largest absolute Gasteiger partial charge is 0.374 e. The zero-order valence-corrected chi connectivity index (χ0v) is 40.0. The summed E-state index contributed by atoms with van der Waals surface area (Å²) in [4.78, 5) is 0. The molecule has 6 aromatic carbocycles. The summed E-state index contributed by atoms with van der Waals surface area (Å²) < 4.78 is 81.1. The molecule has 3 fully saturated rings. The van der Waals surface area contributed by atoms with E-state index in [1.807, 2.05) is 196 Å². The lowest BCUT2D eigenvalue weighted by molar-refractivity contribution is -0.415. The van der Waals surface area contributed by atoms with Crippen molar-refractivity contribution in [3.8, 4) is 0 Å². The third-order valence-corrected chi connectivity index (χ3v) is 12.5. The molecule has 0 saturated carbocycles. The Morgan fingerprint density at radius 1 is 0.443 bits per heavy atom. The Morgan fingerprint density at radius 3 is 1.36 bits per heavy atom. The maximum absolute atomic E-state index is 7.22. The maximum atomic E-state index is 7.22. The number of hydrogen-bond acceptors (Lipinski definition) is 12. The molecule has 368 valence electrons. The van der Waals surface area contributed by atoms with E-state index in [0.29, 0.717) is 13.2 Å². The summed E-state index contributed by atoms with van der Waals surface area (Å²) in [5.74, 6) is -1.39. The molecular weight excluding hydrogens is 889 g/mol. The summed E-state index contributed by atoms with van der Waals surface area (Å²) in [6.07, 6.45) is -8.24. The van der Waals surface area contributed by atoms with Gasteiger partial charge in [0.05, 0.1) is 46.2 Å². The first kappa shape index (κ1) is 49.8. The molecule has 11 atom stereocenters. The van der Waals surface area contributed by atoms with Crippen molar-refractivity contribution in [2.75, 3.05) is 20.3 Å². The van der Waals surface area contributed by atoms with E-state index in [1.165, 1.54) is 0 Å². The van der Waals surface area contributed by atoms with Crippen LogP contribution in [0.2, 0.25) is 0 Å². The summed E-state index contributed by atoms with van der Waals surface area (Å²) >= 11 is 0. The van der Waals surface area contributed by atoms with Gasteiger partial charge >= 0.3 is 0 Å². The fourth-order valence-electron chi connectivity index (χ4n) is 9.07. The highest BCUT2D eigenvalue weighted by Gasteiger charge is 2.55. The Balaban J connectivity index is 1.05. The first-order chi connectivity index (χ1) is 34.4. The monoisotopic (exact) mass is 952 g/mol. The third kappa shape index (κ3) is 13.4. The minimum absolute atomic E-state index is 0.162. The minimum Gasteiger partial charge on any atom is -0.374 e. The second-order valence-corrected chi connectivity index (χ2v) is 18.1. The lowest BCUT2D eigenvalue weighted by Gasteiger charge is -2.51. The summed E-state index contributed by atoms with van der Waals surface area (Å²) in [6.45, 7) is 5.55. The summed E-state index contributed by atoms with van der Waals surface area (Å²) in [7, 11) is 1.59. The molecule has 0 bridgehead atoms. The number of benzene rings is 6. The Hall–Kier alpha value is -5.16. The van der Waals surface area contributed by atoms with Crippen LogP contribution >= 0.6 is 0 Å². The van der Waals surface area contributed by atoms with E-state index in [4.69, 9.17) is 56.8 Å². The molecule has 3 heterocycles. The molecule has 12 heteroatoms. The van der Waals surface area contributed by atoms with E-state index in [1.54, 1.807) is 7.11 Å². The summed E-state index contributed by atoms with van der Waals surface area (Å²) in [5.41, 5.74) is 5.83. The molecule has 3 saturated heterocycles. The van der Waals surface area contributed by atoms with E-state index >= 15 is 0 Å². The Labute approximate surface area is 411 Å². The molecule has 0 amide bonds. The smallest absolute Gasteiger partial charge is 0.190 e. The van der Waals surface area contributed by atoms with Crippen LogP contribution in [0.15, 0.2) is 182 Å². The molecule has 6 aromatic rings. The van der Waals surface area contributed by atoms with Gasteiger partial charge in [-0.1, -0.05) is 182 Å². The van der Waals surface area contributed by atoms with Gasteiger partial charge in [0, 0.05) is 12.7 Å². The van der Waals surface area contributed by atoms with Crippen LogP contribution in [0.3, 0.4) is 0 Å². The average Bonchev–Trinajstić information content (AvgIpc) is 3.40. The second kappa shape index (κ2) is 24.8. The molecule has 70 heavy (non-hydrogen) atoms. The number of ether oxygens (including phenoxy) is 12. The van der Waals surface area contributed by atoms with Gasteiger partial charge in [0.2, 0.25) is 0 Å². The van der Waals surface area contributed by atoms with Gasteiger partial charge in [0.1, 0.15) is 48.8 Å². The standard InChI is InChI=1S/C58H64O12/c1-58(2,69-52-50-48(40-65-55(68-50)46-32-20-9-21-33-46)66-56(59-3)54(52)64-38-45-30-18-8-19-31-45)70-57-53(63-37-44-28-16-7-17-29-44)51(62-36-43-26-14-6-15-27-43)49(61-35-42-24-12-5-13-25-42)47(67-57)39-60-34-41-22-10-4-11-23-41/h4-33,47-57H,34-40H2,1-3H3/t47-,48-,49-,50-,51+,52+,53-,54+,55?,56+,57-/m1/s1.